The number of likely N-dealkylation sites (tertiary alicyclic amines) is 1. The average molecular weight is 599 g/mol. The maximum atomic E-state index is 13.9. The fourth-order valence-electron chi connectivity index (χ4n) is 5.21. The molecule has 224 valence electrons. The molecular weight excluding hydrogens is 564 g/mol. The van der Waals surface area contributed by atoms with Gasteiger partial charge in [0.05, 0.1) is 31.1 Å². The fourth-order valence-corrected chi connectivity index (χ4v) is 6.58. The van der Waals surface area contributed by atoms with E-state index in [0.29, 0.717) is 16.5 Å². The number of carbonyl (C=O) groups excluding carboxylic acids is 4. The highest BCUT2D eigenvalue weighted by Gasteiger charge is 2.52. The number of esters is 2. The van der Waals surface area contributed by atoms with Crippen LogP contribution in [0.15, 0.2) is 59.6 Å². The number of para-hydroxylation sites is 1. The third kappa shape index (κ3) is 5.89. The van der Waals surface area contributed by atoms with Gasteiger partial charge < -0.3 is 14.2 Å². The Morgan fingerprint density at radius 2 is 1.64 bits per heavy atom. The van der Waals surface area contributed by atoms with E-state index in [9.17, 15) is 27.6 Å². The molecule has 1 aliphatic rings. The number of amides is 2. The van der Waals surface area contributed by atoms with Crippen molar-refractivity contribution >= 4 is 44.9 Å². The topological polar surface area (TPSA) is 138 Å². The molecule has 1 fully saturated rings. The molecule has 1 saturated heterocycles. The fraction of sp³-hybridized carbons (Fsp3) is 0.400. The van der Waals surface area contributed by atoms with Crippen molar-refractivity contribution in [2.24, 2.45) is 5.92 Å². The van der Waals surface area contributed by atoms with E-state index in [1.165, 1.54) is 25.4 Å². The number of benzene rings is 2. The number of hydrogen-bond donors (Lipinski definition) is 0. The van der Waals surface area contributed by atoms with Gasteiger partial charge in [0.1, 0.15) is 11.6 Å². The Bertz CT molecular complexity index is 1640. The largest absolute Gasteiger partial charge is 0.469 e. The summed E-state index contributed by atoms with van der Waals surface area (Å²) in [6.45, 7) is 6.72. The number of aromatic nitrogens is 1. The molecule has 3 aromatic rings. The van der Waals surface area contributed by atoms with Gasteiger partial charge in [-0.1, -0.05) is 35.9 Å². The van der Waals surface area contributed by atoms with Gasteiger partial charge in [-0.3, -0.25) is 9.59 Å². The number of carbonyl (C=O) groups is 4. The summed E-state index contributed by atoms with van der Waals surface area (Å²) in [7, 11) is -1.74. The molecule has 0 bridgehead atoms. The summed E-state index contributed by atoms with van der Waals surface area (Å²) in [5.74, 6) is -4.26. The summed E-state index contributed by atoms with van der Waals surface area (Å²) in [6.07, 6.45) is -0.117. The van der Waals surface area contributed by atoms with Crippen molar-refractivity contribution in [1.29, 1.82) is 0 Å². The molecule has 0 saturated carbocycles. The van der Waals surface area contributed by atoms with Gasteiger partial charge >= 0.3 is 18.0 Å². The number of nitrogens with zero attached hydrogens (tertiary/aromatic N) is 2. The lowest BCUT2D eigenvalue weighted by Gasteiger charge is -2.26. The van der Waals surface area contributed by atoms with Gasteiger partial charge in [-0.15, -0.1) is 0 Å². The number of rotatable bonds is 7. The smallest absolute Gasteiger partial charge is 0.417 e. The van der Waals surface area contributed by atoms with E-state index in [-0.39, 0.29) is 17.7 Å². The van der Waals surface area contributed by atoms with Crippen LogP contribution in [0, 0.1) is 12.8 Å². The molecule has 42 heavy (non-hydrogen) atoms. The summed E-state index contributed by atoms with van der Waals surface area (Å²) in [5, 5.41) is 0.486. The Kier molecular flexibility index (Phi) is 8.49. The Balaban J connectivity index is 1.88. The molecule has 0 spiro atoms. The van der Waals surface area contributed by atoms with Crippen LogP contribution in [0.3, 0.4) is 0 Å². The zero-order valence-electron chi connectivity index (χ0n) is 24.3. The summed E-state index contributed by atoms with van der Waals surface area (Å²) >= 11 is 0. The molecule has 2 unspecified atom stereocenters. The first-order valence-corrected chi connectivity index (χ1v) is 14.8. The quantitative estimate of drug-likeness (QED) is 0.290. The maximum absolute atomic E-state index is 13.9. The molecule has 3 atom stereocenters. The Labute approximate surface area is 244 Å². The van der Waals surface area contributed by atoms with Gasteiger partial charge in [0.2, 0.25) is 5.91 Å². The van der Waals surface area contributed by atoms with E-state index >= 15 is 0 Å². The van der Waals surface area contributed by atoms with Gasteiger partial charge in [-0.25, -0.2) is 26.9 Å². The maximum Gasteiger partial charge on any atom is 0.417 e. The first kappa shape index (κ1) is 30.8. The molecule has 0 aliphatic carbocycles. The molecule has 2 amide bonds. The van der Waals surface area contributed by atoms with E-state index < -0.39 is 57.4 Å². The van der Waals surface area contributed by atoms with E-state index in [4.69, 9.17) is 14.2 Å². The molecule has 0 radical (unpaired) electrons. The highest BCUT2D eigenvalue weighted by atomic mass is 32.2. The van der Waals surface area contributed by atoms with Gasteiger partial charge in [0.25, 0.3) is 10.0 Å². The van der Waals surface area contributed by atoms with E-state index in [2.05, 4.69) is 0 Å². The van der Waals surface area contributed by atoms with Crippen molar-refractivity contribution in [3.63, 3.8) is 0 Å². The minimum absolute atomic E-state index is 0.0590. The van der Waals surface area contributed by atoms with Crippen molar-refractivity contribution in [3.05, 3.63) is 65.9 Å². The summed E-state index contributed by atoms with van der Waals surface area (Å²) in [5.41, 5.74) is 0.639. The van der Waals surface area contributed by atoms with E-state index in [1.54, 1.807) is 57.2 Å². The molecule has 1 aliphatic heterocycles. The minimum Gasteiger partial charge on any atom is -0.469 e. The highest BCUT2D eigenvalue weighted by molar-refractivity contribution is 7.90. The Morgan fingerprint density at radius 3 is 2.24 bits per heavy atom. The van der Waals surface area contributed by atoms with Crippen LogP contribution in [0.2, 0.25) is 0 Å². The molecule has 2 aromatic carbocycles. The van der Waals surface area contributed by atoms with E-state index in [0.717, 1.165) is 21.5 Å². The van der Waals surface area contributed by atoms with Crippen LogP contribution in [-0.4, -0.2) is 67.1 Å². The first-order chi connectivity index (χ1) is 19.7. The molecule has 4 rings (SSSR count). The van der Waals surface area contributed by atoms with Crippen molar-refractivity contribution < 1.29 is 41.8 Å². The molecule has 11 nitrogen and oxygen atoms in total. The second-order valence-corrected chi connectivity index (χ2v) is 13.0. The second-order valence-electron chi connectivity index (χ2n) is 11.2. The second kappa shape index (κ2) is 11.6. The van der Waals surface area contributed by atoms with Crippen LogP contribution in [-0.2, 0) is 38.6 Å². The van der Waals surface area contributed by atoms with Gasteiger partial charge in [-0.05, 0) is 57.9 Å². The first-order valence-electron chi connectivity index (χ1n) is 13.3. The Hall–Kier alpha value is -4.19. The molecular formula is C30H34N2O9S. The van der Waals surface area contributed by atoms with Crippen molar-refractivity contribution in [3.8, 4) is 0 Å². The zero-order chi connectivity index (χ0) is 31.0. The van der Waals surface area contributed by atoms with Gasteiger partial charge in [-0.2, -0.15) is 0 Å². The van der Waals surface area contributed by atoms with Gasteiger partial charge in [0.15, 0.2) is 0 Å². The van der Waals surface area contributed by atoms with Crippen LogP contribution in [0.25, 0.3) is 10.9 Å². The lowest BCUT2D eigenvalue weighted by Crippen LogP contribution is -2.46. The Morgan fingerprint density at radius 1 is 1.00 bits per heavy atom. The van der Waals surface area contributed by atoms with Crippen LogP contribution in [0.5, 0.6) is 0 Å². The molecule has 1 aromatic heterocycles. The number of imide groups is 1. The number of methoxy groups -OCH3 is 2. The van der Waals surface area contributed by atoms with Gasteiger partial charge in [0, 0.05) is 23.4 Å². The lowest BCUT2D eigenvalue weighted by atomic mass is 9.81. The lowest BCUT2D eigenvalue weighted by molar-refractivity contribution is -0.149. The van der Waals surface area contributed by atoms with Crippen LogP contribution < -0.4 is 0 Å². The number of aryl methyl sites for hydroxylation is 1. The summed E-state index contributed by atoms with van der Waals surface area (Å²) in [6, 6.07) is 11.8. The van der Waals surface area contributed by atoms with Crippen molar-refractivity contribution in [1.82, 2.24) is 8.87 Å². The van der Waals surface area contributed by atoms with Crippen molar-refractivity contribution in [2.75, 3.05) is 14.2 Å². The average Bonchev–Trinajstić information content (AvgIpc) is 3.49. The molecule has 0 N–H and O–H groups in total. The predicted octanol–water partition coefficient (Wildman–Crippen LogP) is 4.16. The standard InChI is InChI=1S/C30H34N2O9S/c1-18-11-13-19(14-12-18)42(37,38)31-17-23(20-9-7-8-10-24(20)31)21(16-26(33)39-5)22-15-25(28(35)40-6)32(27(22)34)29(36)41-30(2,3)4/h7-14,17,21-22,25H,15-16H2,1-6H3/t21?,22?,25-/m0/s1. The summed E-state index contributed by atoms with van der Waals surface area (Å²) < 4.78 is 43.9. The number of ether oxygens (including phenoxy) is 3. The predicted molar refractivity (Wildman–Crippen MR) is 152 cm³/mol. The van der Waals surface area contributed by atoms with Crippen LogP contribution >= 0.6 is 0 Å². The van der Waals surface area contributed by atoms with Crippen molar-refractivity contribution in [2.45, 2.75) is 63.0 Å². The van der Waals surface area contributed by atoms with Crippen LogP contribution in [0.4, 0.5) is 4.79 Å². The minimum atomic E-state index is -4.08. The van der Waals surface area contributed by atoms with Crippen LogP contribution in [0.1, 0.15) is 50.7 Å². The third-order valence-electron chi connectivity index (χ3n) is 7.19. The zero-order valence-corrected chi connectivity index (χ0v) is 25.1. The normalized spacial score (nSPS) is 18.1. The number of hydrogen-bond acceptors (Lipinski definition) is 9. The monoisotopic (exact) mass is 598 g/mol. The third-order valence-corrected chi connectivity index (χ3v) is 8.88. The van der Waals surface area contributed by atoms with E-state index in [1.807, 2.05) is 6.92 Å². The highest BCUT2D eigenvalue weighted by Crippen LogP contribution is 2.43. The molecule has 12 heteroatoms. The summed E-state index contributed by atoms with van der Waals surface area (Å²) in [4.78, 5) is 53.2. The SMILES string of the molecule is COC(=O)CC(c1cn(S(=O)(=O)c2ccc(C)cc2)c2ccccc12)C1C[C@@H](C(=O)OC)N(C(=O)OC(C)(C)C)C1=O. The molecule has 2 heterocycles. The number of fused-ring (bicyclic) bond motifs is 1.